The molecule has 0 aliphatic carbocycles. The van der Waals surface area contributed by atoms with Crippen molar-refractivity contribution >= 4 is 17.6 Å². The van der Waals surface area contributed by atoms with Gasteiger partial charge in [0.1, 0.15) is 5.92 Å². The normalized spacial score (nSPS) is 30.5. The molecule has 7 heteroatoms. The van der Waals surface area contributed by atoms with Crippen molar-refractivity contribution in [2.45, 2.75) is 12.2 Å². The number of rotatable bonds is 3. The van der Waals surface area contributed by atoms with Crippen LogP contribution < -0.4 is 14.8 Å². The van der Waals surface area contributed by atoms with Crippen LogP contribution in [0.1, 0.15) is 0 Å². The van der Waals surface area contributed by atoms with Gasteiger partial charge in [-0.15, -0.1) is 0 Å². The zero-order chi connectivity index (χ0) is 15.3. The molecule has 4 rings (SSSR count). The van der Waals surface area contributed by atoms with Crippen LogP contribution in [-0.2, 0) is 14.3 Å². The first-order chi connectivity index (χ1) is 10.6. The molecule has 3 heterocycles. The van der Waals surface area contributed by atoms with E-state index in [1.165, 1.54) is 0 Å². The Hall–Kier alpha value is -2.54. The fourth-order valence-corrected chi connectivity index (χ4v) is 3.11. The molecular formula is C15H13NO6. The first-order valence-electron chi connectivity index (χ1n) is 6.90. The number of amides is 1. The number of hydrogen-bond donors (Lipinski definition) is 2. The van der Waals surface area contributed by atoms with Gasteiger partial charge in [0.05, 0.1) is 18.1 Å². The van der Waals surface area contributed by atoms with Crippen molar-refractivity contribution < 1.29 is 28.9 Å². The molecule has 1 saturated heterocycles. The maximum atomic E-state index is 12.5. The van der Waals surface area contributed by atoms with Gasteiger partial charge in [-0.3, -0.25) is 9.59 Å². The second-order valence-electron chi connectivity index (χ2n) is 5.40. The third-order valence-electron chi connectivity index (χ3n) is 4.13. The Labute approximate surface area is 125 Å². The lowest BCUT2D eigenvalue weighted by molar-refractivity contribution is -0.145. The highest BCUT2D eigenvalue weighted by atomic mass is 16.7. The number of carboxylic acid groups (broad SMARTS) is 1. The van der Waals surface area contributed by atoms with Gasteiger partial charge in [-0.05, 0) is 12.1 Å². The van der Waals surface area contributed by atoms with Crippen LogP contribution in [0, 0.1) is 11.8 Å². The zero-order valence-corrected chi connectivity index (χ0v) is 11.4. The first kappa shape index (κ1) is 13.1. The van der Waals surface area contributed by atoms with Crippen molar-refractivity contribution in [1.82, 2.24) is 0 Å². The minimum absolute atomic E-state index is 0.152. The molecule has 3 aliphatic rings. The molecule has 1 fully saturated rings. The highest BCUT2D eigenvalue weighted by molar-refractivity contribution is 5.97. The van der Waals surface area contributed by atoms with Crippen molar-refractivity contribution in [1.29, 1.82) is 0 Å². The minimum atomic E-state index is -1.03. The Bertz CT molecular complexity index is 685. The molecule has 22 heavy (non-hydrogen) atoms. The Morgan fingerprint density at radius 2 is 1.82 bits per heavy atom. The smallest absolute Gasteiger partial charge is 0.310 e. The van der Waals surface area contributed by atoms with Gasteiger partial charge < -0.3 is 24.6 Å². The Morgan fingerprint density at radius 3 is 2.59 bits per heavy atom. The summed E-state index contributed by atoms with van der Waals surface area (Å²) in [7, 11) is 0. The van der Waals surface area contributed by atoms with Crippen LogP contribution in [-0.4, -0.2) is 36.0 Å². The first-order valence-corrected chi connectivity index (χ1v) is 6.90. The summed E-state index contributed by atoms with van der Waals surface area (Å²) >= 11 is 0. The Balaban J connectivity index is 1.55. The summed E-state index contributed by atoms with van der Waals surface area (Å²) in [5.74, 6) is -1.82. The van der Waals surface area contributed by atoms with Crippen LogP contribution >= 0.6 is 0 Å². The number of nitrogens with one attached hydrogen (secondary N) is 1. The average molecular weight is 303 g/mol. The lowest BCUT2D eigenvalue weighted by Crippen LogP contribution is -2.39. The number of ether oxygens (including phenoxy) is 3. The molecule has 1 aromatic carbocycles. The summed E-state index contributed by atoms with van der Waals surface area (Å²) in [5, 5.41) is 12.0. The molecule has 1 amide bonds. The molecule has 2 N–H and O–H groups in total. The maximum absolute atomic E-state index is 12.5. The second kappa shape index (κ2) is 4.74. The third-order valence-corrected chi connectivity index (χ3v) is 4.13. The SMILES string of the molecule is O=C(Nc1ccc2c(c1)OCO2)[C@@H]1[C@H](C(=O)O)[C@@H]2C=C[C@H]1O2. The van der Waals surface area contributed by atoms with Crippen LogP contribution in [0.5, 0.6) is 11.5 Å². The van der Waals surface area contributed by atoms with E-state index in [9.17, 15) is 14.7 Å². The summed E-state index contributed by atoms with van der Waals surface area (Å²) in [5.41, 5.74) is 0.533. The molecule has 0 saturated carbocycles. The van der Waals surface area contributed by atoms with Gasteiger partial charge in [0.25, 0.3) is 0 Å². The van der Waals surface area contributed by atoms with E-state index in [2.05, 4.69) is 5.32 Å². The van der Waals surface area contributed by atoms with Crippen LogP contribution in [0.25, 0.3) is 0 Å². The summed E-state index contributed by atoms with van der Waals surface area (Å²) in [6.45, 7) is 0.152. The molecule has 0 aromatic heterocycles. The largest absolute Gasteiger partial charge is 0.481 e. The fraction of sp³-hybridized carbons (Fsp3) is 0.333. The van der Waals surface area contributed by atoms with Gasteiger partial charge >= 0.3 is 5.97 Å². The second-order valence-corrected chi connectivity index (χ2v) is 5.40. The average Bonchev–Trinajstić information content (AvgIpc) is 3.20. The predicted octanol–water partition coefficient (Wildman–Crippen LogP) is 1.01. The number of hydrogen-bond acceptors (Lipinski definition) is 5. The molecule has 0 radical (unpaired) electrons. The molecule has 0 unspecified atom stereocenters. The van der Waals surface area contributed by atoms with Gasteiger partial charge in [-0.1, -0.05) is 12.2 Å². The molecular weight excluding hydrogens is 290 g/mol. The van der Waals surface area contributed by atoms with Crippen LogP contribution in [0.4, 0.5) is 5.69 Å². The standard InChI is InChI=1S/C15H13NO6/c17-14(12-9-3-4-10(22-9)13(12)15(18)19)16-7-1-2-8-11(5-7)21-6-20-8/h1-5,9-10,12-13H,6H2,(H,16,17)(H,18,19)/t9-,10+,12+,13-/m1/s1. The number of aliphatic carboxylic acids is 1. The van der Waals surface area contributed by atoms with Crippen molar-refractivity contribution in [2.24, 2.45) is 11.8 Å². The van der Waals surface area contributed by atoms with Crippen LogP contribution in [0.2, 0.25) is 0 Å². The van der Waals surface area contributed by atoms with Gasteiger partial charge in [0.2, 0.25) is 12.7 Å². The fourth-order valence-electron chi connectivity index (χ4n) is 3.11. The maximum Gasteiger partial charge on any atom is 0.310 e. The molecule has 2 bridgehead atoms. The number of fused-ring (bicyclic) bond motifs is 3. The zero-order valence-electron chi connectivity index (χ0n) is 11.4. The topological polar surface area (TPSA) is 94.1 Å². The van der Waals surface area contributed by atoms with Crippen molar-refractivity contribution in [3.63, 3.8) is 0 Å². The third kappa shape index (κ3) is 1.93. The molecule has 1 aromatic rings. The van der Waals surface area contributed by atoms with Gasteiger partial charge in [-0.2, -0.15) is 0 Å². The lowest BCUT2D eigenvalue weighted by Gasteiger charge is -2.21. The van der Waals surface area contributed by atoms with Crippen molar-refractivity contribution in [3.05, 3.63) is 30.4 Å². The predicted molar refractivity (Wildman–Crippen MR) is 73.6 cm³/mol. The van der Waals surface area contributed by atoms with Crippen molar-refractivity contribution in [3.8, 4) is 11.5 Å². The number of carboxylic acids is 1. The molecule has 0 spiro atoms. The minimum Gasteiger partial charge on any atom is -0.481 e. The highest BCUT2D eigenvalue weighted by Gasteiger charge is 2.53. The summed E-state index contributed by atoms with van der Waals surface area (Å²) in [6.07, 6.45) is 2.43. The number of anilines is 1. The van der Waals surface area contributed by atoms with E-state index in [-0.39, 0.29) is 12.7 Å². The quantitative estimate of drug-likeness (QED) is 0.809. The van der Waals surface area contributed by atoms with Gasteiger partial charge in [-0.25, -0.2) is 0 Å². The van der Waals surface area contributed by atoms with Gasteiger partial charge in [0.15, 0.2) is 11.5 Å². The Kier molecular flexibility index (Phi) is 2.83. The molecule has 7 nitrogen and oxygen atoms in total. The monoisotopic (exact) mass is 303 g/mol. The van der Waals surface area contributed by atoms with Crippen molar-refractivity contribution in [2.75, 3.05) is 12.1 Å². The summed E-state index contributed by atoms with van der Waals surface area (Å²) in [4.78, 5) is 23.8. The summed E-state index contributed by atoms with van der Waals surface area (Å²) in [6, 6.07) is 5.04. The van der Waals surface area contributed by atoms with E-state index in [0.29, 0.717) is 17.2 Å². The lowest BCUT2D eigenvalue weighted by atomic mass is 9.82. The molecule has 4 atom stereocenters. The van der Waals surface area contributed by atoms with E-state index in [1.54, 1.807) is 30.4 Å². The number of carbonyl (C=O) groups excluding carboxylic acids is 1. The number of benzene rings is 1. The van der Waals surface area contributed by atoms with E-state index in [0.717, 1.165) is 0 Å². The van der Waals surface area contributed by atoms with Gasteiger partial charge in [0, 0.05) is 11.8 Å². The van der Waals surface area contributed by atoms with E-state index >= 15 is 0 Å². The van der Waals surface area contributed by atoms with E-state index in [1.807, 2.05) is 0 Å². The van der Waals surface area contributed by atoms with E-state index in [4.69, 9.17) is 14.2 Å². The van der Waals surface area contributed by atoms with E-state index < -0.39 is 30.0 Å². The van der Waals surface area contributed by atoms with Crippen LogP contribution in [0.3, 0.4) is 0 Å². The molecule has 114 valence electrons. The number of carbonyl (C=O) groups is 2. The molecule has 3 aliphatic heterocycles. The Morgan fingerprint density at radius 1 is 1.09 bits per heavy atom. The summed E-state index contributed by atoms with van der Waals surface area (Å²) < 4.78 is 16.0. The highest BCUT2D eigenvalue weighted by Crippen LogP contribution is 2.40. The van der Waals surface area contributed by atoms with Crippen LogP contribution in [0.15, 0.2) is 30.4 Å².